The van der Waals surface area contributed by atoms with Crippen molar-refractivity contribution in [3.8, 4) is 22.6 Å². The molecule has 0 aliphatic carbocycles. The fourth-order valence-electron chi connectivity index (χ4n) is 3.63. The molecule has 0 aliphatic rings. The number of carbonyl (C=O) groups excluding carboxylic acids is 1. The summed E-state index contributed by atoms with van der Waals surface area (Å²) < 4.78 is 37.1. The maximum Gasteiger partial charge on any atom is 0.355 e. The van der Waals surface area contributed by atoms with Crippen molar-refractivity contribution < 1.29 is 22.7 Å². The summed E-state index contributed by atoms with van der Waals surface area (Å²) >= 11 is 0. The zero-order chi connectivity index (χ0) is 23.8. The summed E-state index contributed by atoms with van der Waals surface area (Å²) in [6.45, 7) is 1.74. The average molecular weight is 468 g/mol. The van der Waals surface area contributed by atoms with Crippen LogP contribution in [-0.4, -0.2) is 37.7 Å². The van der Waals surface area contributed by atoms with Gasteiger partial charge in [0.1, 0.15) is 17.2 Å². The van der Waals surface area contributed by atoms with Gasteiger partial charge in [-0.05, 0) is 37.3 Å². The van der Waals surface area contributed by atoms with E-state index in [-0.39, 0.29) is 11.4 Å². The molecule has 0 spiro atoms. The number of ether oxygens (including phenoxy) is 2. The Morgan fingerprint density at radius 3 is 2.48 bits per heavy atom. The summed E-state index contributed by atoms with van der Waals surface area (Å²) in [6.07, 6.45) is 2.65. The van der Waals surface area contributed by atoms with Gasteiger partial charge in [0.15, 0.2) is 0 Å². The van der Waals surface area contributed by atoms with Crippen molar-refractivity contribution in [2.24, 2.45) is 0 Å². The van der Waals surface area contributed by atoms with Crippen LogP contribution in [0.3, 0.4) is 0 Å². The summed E-state index contributed by atoms with van der Waals surface area (Å²) in [5.74, 6) is 0.126. The molecule has 0 unspecified atom stereocenters. The average Bonchev–Trinajstić information content (AvgIpc) is 3.16. The Balaban J connectivity index is 2.05. The van der Waals surface area contributed by atoms with Gasteiger partial charge in [0, 0.05) is 34.1 Å². The van der Waals surface area contributed by atoms with Crippen LogP contribution < -0.4 is 15.0 Å². The molecule has 170 valence electrons. The van der Waals surface area contributed by atoms with E-state index in [4.69, 9.17) is 9.47 Å². The molecule has 10 heteroatoms. The summed E-state index contributed by atoms with van der Waals surface area (Å²) in [6, 6.07) is 13.7. The quantitative estimate of drug-likeness (QED) is 0.370. The van der Waals surface area contributed by atoms with Gasteiger partial charge in [-0.15, -0.1) is 0 Å². The zero-order valence-electron chi connectivity index (χ0n) is 18.1. The molecule has 0 amide bonds. The van der Waals surface area contributed by atoms with Gasteiger partial charge in [0.25, 0.3) is 5.56 Å². The second-order valence-electron chi connectivity index (χ2n) is 7.40. The monoisotopic (exact) mass is 467 g/mol. The van der Waals surface area contributed by atoms with Gasteiger partial charge in [-0.25, -0.2) is 13.2 Å². The predicted octanol–water partition coefficient (Wildman–Crippen LogP) is 3.78. The first-order chi connectivity index (χ1) is 15.7. The highest BCUT2D eigenvalue weighted by Crippen LogP contribution is 2.40. The third kappa shape index (κ3) is 4.46. The highest BCUT2D eigenvalue weighted by atomic mass is 32.2. The van der Waals surface area contributed by atoms with E-state index < -0.39 is 21.6 Å². The molecular weight excluding hydrogens is 446 g/mol. The van der Waals surface area contributed by atoms with Crippen molar-refractivity contribution in [2.45, 2.75) is 6.92 Å². The standard InChI is InChI=1S/C23H21N3O6S/c1-13-19-17(12-24-13)20(21(23(28)31-2)25-22(19)27)16-11-14(26-33(3,29)30)9-10-18(16)32-15-7-5-4-6-8-15/h4-12,24,26H,1-3H3,(H,25,27). The Labute approximate surface area is 189 Å². The maximum absolute atomic E-state index is 12.7. The summed E-state index contributed by atoms with van der Waals surface area (Å²) in [4.78, 5) is 31.0. The van der Waals surface area contributed by atoms with Gasteiger partial charge in [-0.2, -0.15) is 0 Å². The first-order valence-electron chi connectivity index (χ1n) is 9.85. The summed E-state index contributed by atoms with van der Waals surface area (Å²) in [7, 11) is -2.36. The number of aromatic nitrogens is 2. The predicted molar refractivity (Wildman–Crippen MR) is 125 cm³/mol. The smallest absolute Gasteiger partial charge is 0.355 e. The molecule has 0 saturated carbocycles. The topological polar surface area (TPSA) is 130 Å². The van der Waals surface area contributed by atoms with E-state index in [1.165, 1.54) is 7.11 Å². The molecule has 0 radical (unpaired) electrons. The third-order valence-corrected chi connectivity index (χ3v) is 5.58. The fourth-order valence-corrected chi connectivity index (χ4v) is 4.19. The first kappa shape index (κ1) is 22.2. The van der Waals surface area contributed by atoms with Crippen molar-refractivity contribution in [1.29, 1.82) is 0 Å². The lowest BCUT2D eigenvalue weighted by atomic mass is 9.97. The first-order valence-corrected chi connectivity index (χ1v) is 11.7. The number of benzene rings is 2. The normalized spacial score (nSPS) is 11.4. The molecule has 9 nitrogen and oxygen atoms in total. The van der Waals surface area contributed by atoms with Gasteiger partial charge >= 0.3 is 5.97 Å². The number of pyridine rings is 1. The molecule has 0 fully saturated rings. The molecule has 3 N–H and O–H groups in total. The molecule has 0 aliphatic heterocycles. The number of hydrogen-bond acceptors (Lipinski definition) is 6. The molecule has 4 rings (SSSR count). The molecule has 2 aromatic heterocycles. The van der Waals surface area contributed by atoms with Crippen LogP contribution in [0.1, 0.15) is 16.2 Å². The lowest BCUT2D eigenvalue weighted by Crippen LogP contribution is -2.16. The molecule has 0 atom stereocenters. The number of aryl methyl sites for hydroxylation is 1. The van der Waals surface area contributed by atoms with Gasteiger partial charge in [-0.1, -0.05) is 18.2 Å². The number of sulfonamides is 1. The molecular formula is C23H21N3O6S. The van der Waals surface area contributed by atoms with Gasteiger partial charge in [0.2, 0.25) is 10.0 Å². The fraction of sp³-hybridized carbons (Fsp3) is 0.130. The van der Waals surface area contributed by atoms with Crippen molar-refractivity contribution >= 4 is 32.5 Å². The van der Waals surface area contributed by atoms with Crippen LogP contribution in [-0.2, 0) is 14.8 Å². The molecule has 33 heavy (non-hydrogen) atoms. The number of rotatable bonds is 6. The van der Waals surface area contributed by atoms with Gasteiger partial charge in [-0.3, -0.25) is 9.52 Å². The van der Waals surface area contributed by atoms with Crippen molar-refractivity contribution in [2.75, 3.05) is 18.1 Å². The second kappa shape index (κ2) is 8.47. The number of H-pyrrole nitrogens is 2. The van der Waals surface area contributed by atoms with E-state index in [0.29, 0.717) is 39.1 Å². The number of nitrogens with one attached hydrogen (secondary N) is 3. The molecule has 2 heterocycles. The minimum absolute atomic E-state index is 0.0802. The number of esters is 1. The van der Waals surface area contributed by atoms with Crippen LogP contribution in [0.2, 0.25) is 0 Å². The lowest BCUT2D eigenvalue weighted by molar-refractivity contribution is 0.0595. The van der Waals surface area contributed by atoms with Crippen LogP contribution in [0.15, 0.2) is 59.5 Å². The number of fused-ring (bicyclic) bond motifs is 1. The molecule has 0 bridgehead atoms. The van der Waals surface area contributed by atoms with E-state index >= 15 is 0 Å². The number of para-hydroxylation sites is 1. The lowest BCUT2D eigenvalue weighted by Gasteiger charge is -2.16. The SMILES string of the molecule is COC(=O)c1[nH]c(=O)c2c(C)[nH]cc2c1-c1cc(NS(C)(=O)=O)ccc1Oc1ccccc1. The number of carbonyl (C=O) groups is 1. The highest BCUT2D eigenvalue weighted by Gasteiger charge is 2.24. The molecule has 2 aromatic carbocycles. The van der Waals surface area contributed by atoms with Crippen LogP contribution >= 0.6 is 0 Å². The Kier molecular flexibility index (Phi) is 5.69. The Hall–Kier alpha value is -4.05. The van der Waals surface area contributed by atoms with Gasteiger partial charge in [0.05, 0.1) is 18.8 Å². The van der Waals surface area contributed by atoms with Crippen LogP contribution in [0.5, 0.6) is 11.5 Å². The third-order valence-electron chi connectivity index (χ3n) is 4.97. The van der Waals surface area contributed by atoms with Crippen molar-refractivity contribution in [1.82, 2.24) is 9.97 Å². The minimum Gasteiger partial charge on any atom is -0.464 e. The second-order valence-corrected chi connectivity index (χ2v) is 9.15. The van der Waals surface area contributed by atoms with Crippen LogP contribution in [0.4, 0.5) is 5.69 Å². The van der Waals surface area contributed by atoms with E-state index in [1.807, 2.05) is 18.2 Å². The van der Waals surface area contributed by atoms with E-state index in [0.717, 1.165) is 6.26 Å². The Morgan fingerprint density at radius 2 is 1.82 bits per heavy atom. The zero-order valence-corrected chi connectivity index (χ0v) is 18.9. The van der Waals surface area contributed by atoms with E-state index in [1.54, 1.807) is 43.5 Å². The number of methoxy groups -OCH3 is 1. The van der Waals surface area contributed by atoms with Crippen molar-refractivity contribution in [3.05, 3.63) is 76.5 Å². The van der Waals surface area contributed by atoms with Gasteiger partial charge < -0.3 is 19.4 Å². The molecule has 4 aromatic rings. The number of aromatic amines is 2. The molecule has 0 saturated heterocycles. The largest absolute Gasteiger partial charge is 0.464 e. The summed E-state index contributed by atoms with van der Waals surface area (Å²) in [5.41, 5.74) is 1.06. The van der Waals surface area contributed by atoms with Crippen LogP contribution in [0.25, 0.3) is 21.9 Å². The Bertz CT molecular complexity index is 1520. The minimum atomic E-state index is -3.57. The van der Waals surface area contributed by atoms with E-state index in [2.05, 4.69) is 14.7 Å². The number of anilines is 1. The number of hydrogen-bond donors (Lipinski definition) is 3. The van der Waals surface area contributed by atoms with Crippen LogP contribution in [0, 0.1) is 6.92 Å². The Morgan fingerprint density at radius 1 is 1.09 bits per heavy atom. The van der Waals surface area contributed by atoms with Crippen molar-refractivity contribution in [3.63, 3.8) is 0 Å². The maximum atomic E-state index is 12.7. The highest BCUT2D eigenvalue weighted by molar-refractivity contribution is 7.92. The van der Waals surface area contributed by atoms with E-state index in [9.17, 15) is 18.0 Å². The summed E-state index contributed by atoms with van der Waals surface area (Å²) in [5, 5.41) is 0.829.